The summed E-state index contributed by atoms with van der Waals surface area (Å²) in [4.78, 5) is 0. The van der Waals surface area contributed by atoms with Crippen LogP contribution in [0, 0.1) is 17.2 Å². The van der Waals surface area contributed by atoms with Gasteiger partial charge in [0.1, 0.15) is 0 Å². The smallest absolute Gasteiger partial charge is 0.0756 e. The summed E-state index contributed by atoms with van der Waals surface area (Å²) in [5.74, 6) is 0.825. The molecule has 0 bridgehead atoms. The zero-order chi connectivity index (χ0) is 9.80. The third kappa shape index (κ3) is 2.46. The lowest BCUT2D eigenvalue weighted by Crippen LogP contribution is -2.38. The van der Waals surface area contributed by atoms with Crippen LogP contribution in [0.15, 0.2) is 0 Å². The monoisotopic (exact) mass is 194 g/mol. The Morgan fingerprint density at radius 3 is 2.93 bits per heavy atom. The zero-order valence-electron chi connectivity index (χ0n) is 8.54. The minimum Gasteiger partial charge on any atom is -0.376 e. The van der Waals surface area contributed by atoms with Crippen LogP contribution in [0.4, 0.5) is 0 Å². The summed E-state index contributed by atoms with van der Waals surface area (Å²) in [6.45, 7) is 1.88. The quantitative estimate of drug-likeness (QED) is 0.674. The molecule has 78 valence electrons. The molecule has 2 unspecified atom stereocenters. The summed E-state index contributed by atoms with van der Waals surface area (Å²) in [6.07, 6.45) is 5.94. The largest absolute Gasteiger partial charge is 0.376 e. The maximum absolute atomic E-state index is 8.41. The minimum atomic E-state index is 0.470. The van der Waals surface area contributed by atoms with E-state index in [-0.39, 0.29) is 0 Å². The highest BCUT2D eigenvalue weighted by Crippen LogP contribution is 2.38. The van der Waals surface area contributed by atoms with Crippen molar-refractivity contribution >= 4 is 0 Å². The fraction of sp³-hybridized carbons (Fsp3) is 0.909. The van der Waals surface area contributed by atoms with E-state index in [0.29, 0.717) is 18.6 Å². The number of ether oxygens (including phenoxy) is 1. The lowest BCUT2D eigenvalue weighted by molar-refractivity contribution is 0.0812. The van der Waals surface area contributed by atoms with E-state index in [4.69, 9.17) is 10.00 Å². The number of hydrogen-bond acceptors (Lipinski definition) is 3. The first-order valence-corrected chi connectivity index (χ1v) is 5.64. The highest BCUT2D eigenvalue weighted by Gasteiger charge is 2.40. The molecule has 2 atom stereocenters. The Labute approximate surface area is 85.4 Å². The van der Waals surface area contributed by atoms with Crippen molar-refractivity contribution in [2.45, 2.75) is 44.2 Å². The lowest BCUT2D eigenvalue weighted by atomic mass is 10.1. The molecule has 2 aliphatic rings. The summed E-state index contributed by atoms with van der Waals surface area (Å²) in [5.41, 5.74) is 0. The standard InChI is InChI=1S/C11H18N2O/c12-6-1-2-7-13-10-5-8-14-11(10)9-3-4-9/h9-11,13H,1-5,7-8H2. The molecule has 2 fully saturated rings. The summed E-state index contributed by atoms with van der Waals surface area (Å²) in [7, 11) is 0. The molecule has 1 saturated heterocycles. The van der Waals surface area contributed by atoms with Gasteiger partial charge >= 0.3 is 0 Å². The normalized spacial score (nSPS) is 31.6. The van der Waals surface area contributed by atoms with Gasteiger partial charge in [-0.1, -0.05) is 0 Å². The number of nitriles is 1. The maximum Gasteiger partial charge on any atom is 0.0756 e. The summed E-state index contributed by atoms with van der Waals surface area (Å²) < 4.78 is 5.72. The van der Waals surface area contributed by atoms with Gasteiger partial charge in [-0.05, 0) is 38.1 Å². The zero-order valence-corrected chi connectivity index (χ0v) is 8.54. The van der Waals surface area contributed by atoms with E-state index in [2.05, 4.69) is 11.4 Å². The Morgan fingerprint density at radius 1 is 1.36 bits per heavy atom. The first-order valence-electron chi connectivity index (χ1n) is 5.64. The molecular weight excluding hydrogens is 176 g/mol. The maximum atomic E-state index is 8.41. The van der Waals surface area contributed by atoms with Gasteiger partial charge in [0.05, 0.1) is 12.2 Å². The van der Waals surface area contributed by atoms with Crippen molar-refractivity contribution in [2.24, 2.45) is 5.92 Å². The Hall–Kier alpha value is -0.590. The molecule has 0 amide bonds. The van der Waals surface area contributed by atoms with Gasteiger partial charge in [0.15, 0.2) is 0 Å². The topological polar surface area (TPSA) is 45.0 Å². The predicted octanol–water partition coefficient (Wildman–Crippen LogP) is 1.45. The molecule has 0 spiro atoms. The number of rotatable bonds is 5. The Kier molecular flexibility index (Phi) is 3.39. The molecule has 14 heavy (non-hydrogen) atoms. The van der Waals surface area contributed by atoms with E-state index in [9.17, 15) is 0 Å². The fourth-order valence-corrected chi connectivity index (χ4v) is 2.17. The second-order valence-corrected chi connectivity index (χ2v) is 4.28. The molecule has 1 saturated carbocycles. The van der Waals surface area contributed by atoms with Crippen molar-refractivity contribution in [3.05, 3.63) is 0 Å². The lowest BCUT2D eigenvalue weighted by Gasteiger charge is -2.19. The van der Waals surface area contributed by atoms with Crippen molar-refractivity contribution in [1.82, 2.24) is 5.32 Å². The van der Waals surface area contributed by atoms with Gasteiger partial charge in [0.25, 0.3) is 0 Å². The molecule has 0 aromatic rings. The Balaban J connectivity index is 1.66. The molecule has 3 heteroatoms. The van der Waals surface area contributed by atoms with Crippen LogP contribution in [0.2, 0.25) is 0 Å². The van der Waals surface area contributed by atoms with E-state index in [1.807, 2.05) is 0 Å². The van der Waals surface area contributed by atoms with Gasteiger partial charge in [-0.25, -0.2) is 0 Å². The van der Waals surface area contributed by atoms with E-state index in [0.717, 1.165) is 31.9 Å². The van der Waals surface area contributed by atoms with Crippen LogP contribution in [0.25, 0.3) is 0 Å². The van der Waals surface area contributed by atoms with Gasteiger partial charge in [0, 0.05) is 19.1 Å². The third-order valence-electron chi connectivity index (χ3n) is 3.09. The van der Waals surface area contributed by atoms with E-state index < -0.39 is 0 Å². The second kappa shape index (κ2) is 4.77. The molecule has 1 aliphatic carbocycles. The average Bonchev–Trinajstić information content (AvgIpc) is 2.94. The van der Waals surface area contributed by atoms with Crippen LogP contribution >= 0.6 is 0 Å². The van der Waals surface area contributed by atoms with Crippen LogP contribution in [0.3, 0.4) is 0 Å². The van der Waals surface area contributed by atoms with Gasteiger partial charge in [-0.2, -0.15) is 5.26 Å². The first kappa shape index (κ1) is 9.95. The molecule has 1 aliphatic heterocycles. The van der Waals surface area contributed by atoms with Gasteiger partial charge in [-0.3, -0.25) is 0 Å². The van der Waals surface area contributed by atoms with E-state index >= 15 is 0 Å². The Morgan fingerprint density at radius 2 is 2.21 bits per heavy atom. The number of nitrogens with zero attached hydrogens (tertiary/aromatic N) is 1. The summed E-state index contributed by atoms with van der Waals surface area (Å²) >= 11 is 0. The molecular formula is C11H18N2O. The Bertz CT molecular complexity index is 220. The molecule has 0 radical (unpaired) electrons. The third-order valence-corrected chi connectivity index (χ3v) is 3.09. The van der Waals surface area contributed by atoms with E-state index in [1.54, 1.807) is 0 Å². The molecule has 0 aromatic heterocycles. The summed E-state index contributed by atoms with van der Waals surface area (Å²) in [5, 5.41) is 11.9. The van der Waals surface area contributed by atoms with Gasteiger partial charge in [0.2, 0.25) is 0 Å². The number of unbranched alkanes of at least 4 members (excludes halogenated alkanes) is 1. The van der Waals surface area contributed by atoms with Crippen molar-refractivity contribution in [3.8, 4) is 6.07 Å². The van der Waals surface area contributed by atoms with Crippen LogP contribution in [0.5, 0.6) is 0 Å². The molecule has 1 heterocycles. The SMILES string of the molecule is N#CCCCNC1CCOC1C1CC1. The van der Waals surface area contributed by atoms with Gasteiger partial charge in [-0.15, -0.1) is 0 Å². The van der Waals surface area contributed by atoms with Crippen LogP contribution in [-0.4, -0.2) is 25.3 Å². The molecule has 3 nitrogen and oxygen atoms in total. The second-order valence-electron chi connectivity index (χ2n) is 4.28. The average molecular weight is 194 g/mol. The van der Waals surface area contributed by atoms with E-state index in [1.165, 1.54) is 12.8 Å². The number of hydrogen-bond donors (Lipinski definition) is 1. The van der Waals surface area contributed by atoms with Crippen LogP contribution in [-0.2, 0) is 4.74 Å². The van der Waals surface area contributed by atoms with Crippen molar-refractivity contribution in [1.29, 1.82) is 5.26 Å². The first-order chi connectivity index (χ1) is 6.92. The highest BCUT2D eigenvalue weighted by atomic mass is 16.5. The van der Waals surface area contributed by atoms with Gasteiger partial charge < -0.3 is 10.1 Å². The number of nitrogens with one attached hydrogen (secondary N) is 1. The fourth-order valence-electron chi connectivity index (χ4n) is 2.17. The van der Waals surface area contributed by atoms with Crippen molar-refractivity contribution in [3.63, 3.8) is 0 Å². The minimum absolute atomic E-state index is 0.470. The highest BCUT2D eigenvalue weighted by molar-refractivity contribution is 4.93. The molecule has 1 N–H and O–H groups in total. The molecule has 0 aromatic carbocycles. The molecule has 2 rings (SSSR count). The van der Waals surface area contributed by atoms with Crippen LogP contribution < -0.4 is 5.32 Å². The van der Waals surface area contributed by atoms with Crippen molar-refractivity contribution in [2.75, 3.05) is 13.2 Å². The van der Waals surface area contributed by atoms with Crippen LogP contribution in [0.1, 0.15) is 32.1 Å². The summed E-state index contributed by atoms with van der Waals surface area (Å²) in [6, 6.07) is 2.72. The van der Waals surface area contributed by atoms with Crippen molar-refractivity contribution < 1.29 is 4.74 Å². The predicted molar refractivity (Wildman–Crippen MR) is 53.7 cm³/mol.